The Hall–Kier alpha value is -1.45. The first-order chi connectivity index (χ1) is 9.84. The lowest BCUT2D eigenvalue weighted by atomic mass is 10.4. The van der Waals surface area contributed by atoms with Crippen LogP contribution in [0.4, 0.5) is 0 Å². The predicted octanol–water partition coefficient (Wildman–Crippen LogP) is 0.689. The fourth-order valence-electron chi connectivity index (χ4n) is 2.24. The number of carboxylic acids is 1. The third-order valence-corrected chi connectivity index (χ3v) is 6.31. The normalized spacial score (nSPS) is 17.5. The van der Waals surface area contributed by atoms with Crippen LogP contribution in [0.15, 0.2) is 16.3 Å². The number of hydrogen-bond acceptors (Lipinski definition) is 5. The van der Waals surface area contributed by atoms with Crippen molar-refractivity contribution < 1.29 is 23.1 Å². The molecule has 1 fully saturated rings. The van der Waals surface area contributed by atoms with Crippen LogP contribution < -0.4 is 0 Å². The number of rotatable bonds is 3. The largest absolute Gasteiger partial charge is 0.477 e. The summed E-state index contributed by atoms with van der Waals surface area (Å²) < 4.78 is 26.4. The van der Waals surface area contributed by atoms with Gasteiger partial charge in [0.25, 0.3) is 0 Å². The molecule has 116 valence electrons. The molecule has 0 saturated carbocycles. The van der Waals surface area contributed by atoms with Crippen molar-refractivity contribution in [1.29, 1.82) is 0 Å². The summed E-state index contributed by atoms with van der Waals surface area (Å²) in [6, 6.07) is 1.32. The molecule has 1 aliphatic rings. The van der Waals surface area contributed by atoms with Crippen LogP contribution in [-0.4, -0.2) is 60.8 Å². The smallest absolute Gasteiger partial charge is 0.347 e. The number of carbonyl (C=O) groups is 2. The number of sulfonamides is 1. The highest BCUT2D eigenvalue weighted by atomic mass is 32.2. The summed E-state index contributed by atoms with van der Waals surface area (Å²) >= 11 is 0.889. The average Bonchev–Trinajstić information content (AvgIpc) is 2.76. The van der Waals surface area contributed by atoms with Gasteiger partial charge in [0.05, 0.1) is 0 Å². The molecule has 0 aromatic carbocycles. The van der Waals surface area contributed by atoms with Crippen molar-refractivity contribution in [3.8, 4) is 0 Å². The summed E-state index contributed by atoms with van der Waals surface area (Å²) in [5, 5.41) is 10.5. The molecule has 0 spiro atoms. The van der Waals surface area contributed by atoms with Crippen LogP contribution >= 0.6 is 11.3 Å². The van der Waals surface area contributed by atoms with Gasteiger partial charge in [0, 0.05) is 33.1 Å². The van der Waals surface area contributed by atoms with Crippen LogP contribution in [0.1, 0.15) is 23.0 Å². The lowest BCUT2D eigenvalue weighted by Crippen LogP contribution is -2.36. The number of thiophene rings is 1. The minimum absolute atomic E-state index is 0.0870. The monoisotopic (exact) mass is 332 g/mol. The minimum atomic E-state index is -3.84. The van der Waals surface area contributed by atoms with Crippen molar-refractivity contribution in [2.45, 2.75) is 18.2 Å². The van der Waals surface area contributed by atoms with Crippen LogP contribution in [0.3, 0.4) is 0 Å². The van der Waals surface area contributed by atoms with Gasteiger partial charge in [-0.2, -0.15) is 4.31 Å². The van der Waals surface area contributed by atoms with Gasteiger partial charge < -0.3 is 10.0 Å². The van der Waals surface area contributed by atoms with Crippen molar-refractivity contribution in [2.75, 3.05) is 26.2 Å². The van der Waals surface area contributed by atoms with Crippen molar-refractivity contribution in [3.05, 3.63) is 16.3 Å². The van der Waals surface area contributed by atoms with Crippen molar-refractivity contribution in [1.82, 2.24) is 9.21 Å². The third-order valence-electron chi connectivity index (χ3n) is 3.34. The molecule has 1 aromatic rings. The fraction of sp³-hybridized carbons (Fsp3) is 0.500. The van der Waals surface area contributed by atoms with E-state index in [0.29, 0.717) is 19.5 Å². The van der Waals surface area contributed by atoms with E-state index >= 15 is 0 Å². The minimum Gasteiger partial charge on any atom is -0.477 e. The number of aromatic carboxylic acids is 1. The van der Waals surface area contributed by atoms with Crippen molar-refractivity contribution in [2.24, 2.45) is 0 Å². The Kier molecular flexibility index (Phi) is 4.64. The van der Waals surface area contributed by atoms with E-state index in [1.165, 1.54) is 22.7 Å². The van der Waals surface area contributed by atoms with Crippen molar-refractivity contribution in [3.63, 3.8) is 0 Å². The summed E-state index contributed by atoms with van der Waals surface area (Å²) in [5.41, 5.74) is 0. The Bertz CT molecular complexity index is 652. The number of amides is 1. The van der Waals surface area contributed by atoms with Crippen LogP contribution in [0.5, 0.6) is 0 Å². The third kappa shape index (κ3) is 3.25. The molecule has 1 N–H and O–H groups in total. The molecule has 2 rings (SSSR count). The maximum absolute atomic E-state index is 12.6. The molecular weight excluding hydrogens is 316 g/mol. The van der Waals surface area contributed by atoms with Gasteiger partial charge in [-0.15, -0.1) is 11.3 Å². The van der Waals surface area contributed by atoms with Gasteiger partial charge >= 0.3 is 5.97 Å². The number of hydrogen-bond donors (Lipinski definition) is 1. The van der Waals surface area contributed by atoms with Gasteiger partial charge in [-0.3, -0.25) is 4.79 Å². The second-order valence-electron chi connectivity index (χ2n) is 4.68. The molecule has 0 atom stereocenters. The van der Waals surface area contributed by atoms with Gasteiger partial charge in [-0.1, -0.05) is 0 Å². The second kappa shape index (κ2) is 6.12. The summed E-state index contributed by atoms with van der Waals surface area (Å²) in [6.07, 6.45) is 0.533. The molecule has 0 bridgehead atoms. The summed E-state index contributed by atoms with van der Waals surface area (Å²) in [7, 11) is -3.84. The highest BCUT2D eigenvalue weighted by molar-refractivity contribution is 7.89. The van der Waals surface area contributed by atoms with Crippen LogP contribution in [-0.2, 0) is 14.8 Å². The van der Waals surface area contributed by atoms with Gasteiger partial charge in [0.2, 0.25) is 15.9 Å². The topological polar surface area (TPSA) is 95.0 Å². The Morgan fingerprint density at radius 1 is 1.24 bits per heavy atom. The van der Waals surface area contributed by atoms with Gasteiger partial charge in [-0.25, -0.2) is 13.2 Å². The van der Waals surface area contributed by atoms with E-state index in [4.69, 9.17) is 5.11 Å². The molecule has 0 radical (unpaired) electrons. The average molecular weight is 332 g/mol. The Morgan fingerprint density at radius 3 is 2.57 bits per heavy atom. The molecule has 0 aliphatic carbocycles. The summed E-state index contributed by atoms with van der Waals surface area (Å²) in [5.74, 6) is -1.33. The van der Waals surface area contributed by atoms with E-state index in [2.05, 4.69) is 0 Å². The Balaban J connectivity index is 2.26. The fourth-order valence-corrected chi connectivity index (χ4v) is 4.95. The maximum atomic E-state index is 12.6. The molecule has 7 nitrogen and oxygen atoms in total. The summed E-state index contributed by atoms with van der Waals surface area (Å²) in [6.45, 7) is 2.74. The van der Waals surface area contributed by atoms with Crippen LogP contribution in [0.2, 0.25) is 0 Å². The van der Waals surface area contributed by atoms with E-state index < -0.39 is 16.0 Å². The van der Waals surface area contributed by atoms with Crippen LogP contribution in [0, 0.1) is 0 Å². The molecule has 21 heavy (non-hydrogen) atoms. The molecule has 2 heterocycles. The van der Waals surface area contributed by atoms with Crippen molar-refractivity contribution >= 4 is 33.2 Å². The molecule has 0 unspecified atom stereocenters. The highest BCUT2D eigenvalue weighted by Crippen LogP contribution is 2.26. The van der Waals surface area contributed by atoms with Gasteiger partial charge in [0.1, 0.15) is 9.77 Å². The van der Waals surface area contributed by atoms with E-state index in [9.17, 15) is 18.0 Å². The molecule has 1 amide bonds. The number of nitrogens with zero attached hydrogens (tertiary/aromatic N) is 2. The Labute approximate surface area is 126 Å². The lowest BCUT2D eigenvalue weighted by molar-refractivity contribution is -0.128. The molecule has 1 aliphatic heterocycles. The zero-order chi connectivity index (χ0) is 15.6. The standard InChI is InChI=1S/C12H16N2O5S2/c1-9(15)13-4-2-5-14(7-6-13)21(18,19)10-3-8-20-11(10)12(16)17/h3,8H,2,4-7H2,1H3,(H,16,17). The first kappa shape index (κ1) is 15.9. The maximum Gasteiger partial charge on any atom is 0.347 e. The van der Waals surface area contributed by atoms with Crippen LogP contribution in [0.25, 0.3) is 0 Å². The molecule has 1 saturated heterocycles. The highest BCUT2D eigenvalue weighted by Gasteiger charge is 2.31. The van der Waals surface area contributed by atoms with E-state index in [1.54, 1.807) is 4.90 Å². The quantitative estimate of drug-likeness (QED) is 0.879. The van der Waals surface area contributed by atoms with Gasteiger partial charge in [0.15, 0.2) is 0 Å². The number of carboxylic acid groups (broad SMARTS) is 1. The Morgan fingerprint density at radius 2 is 1.95 bits per heavy atom. The van der Waals surface area contributed by atoms with Gasteiger partial charge in [-0.05, 0) is 17.9 Å². The number of carbonyl (C=O) groups excluding carboxylic acids is 1. The first-order valence-corrected chi connectivity index (χ1v) is 8.72. The predicted molar refractivity (Wildman–Crippen MR) is 76.9 cm³/mol. The molecule has 1 aromatic heterocycles. The molecule has 9 heteroatoms. The van der Waals surface area contributed by atoms with E-state index in [-0.39, 0.29) is 28.8 Å². The zero-order valence-corrected chi connectivity index (χ0v) is 13.1. The van der Waals surface area contributed by atoms with E-state index in [1.807, 2.05) is 0 Å². The SMILES string of the molecule is CC(=O)N1CCCN(S(=O)(=O)c2ccsc2C(=O)O)CC1. The lowest BCUT2D eigenvalue weighted by Gasteiger charge is -2.20. The van der Waals surface area contributed by atoms with E-state index in [0.717, 1.165) is 11.3 Å². The first-order valence-electron chi connectivity index (χ1n) is 6.40. The summed E-state index contributed by atoms with van der Waals surface area (Å²) in [4.78, 5) is 23.7. The molecular formula is C12H16N2O5S2. The second-order valence-corrected chi connectivity index (χ2v) is 7.51. The zero-order valence-electron chi connectivity index (χ0n) is 11.5.